The van der Waals surface area contributed by atoms with E-state index in [1.54, 1.807) is 26.0 Å². The first-order chi connectivity index (χ1) is 17.6. The minimum absolute atomic E-state index is 0.0143. The van der Waals surface area contributed by atoms with Crippen LogP contribution in [-0.2, 0) is 0 Å². The molecule has 36 heavy (non-hydrogen) atoms. The fraction of sp³-hybridized carbons (Fsp3) is 0.143. The number of allylic oxidation sites excluding steroid dienone is 1. The molecule has 0 fully saturated rings. The Morgan fingerprint density at radius 2 is 1.53 bits per heavy atom. The van der Waals surface area contributed by atoms with Crippen LogP contribution in [0, 0.1) is 11.3 Å². The highest BCUT2D eigenvalue weighted by Gasteiger charge is 2.38. The van der Waals surface area contributed by atoms with E-state index in [1.165, 1.54) is 0 Å². The fourth-order valence-corrected chi connectivity index (χ4v) is 4.49. The molecule has 8 heteroatoms. The molecule has 1 aliphatic heterocycles. The van der Waals surface area contributed by atoms with E-state index >= 15 is 0 Å². The monoisotopic (exact) mass is 480 g/mol. The Morgan fingerprint density at radius 3 is 2.08 bits per heavy atom. The molecule has 0 saturated heterocycles. The molecule has 1 aromatic heterocycles. The summed E-state index contributed by atoms with van der Waals surface area (Å²) in [6, 6.07) is 25.3. The summed E-state index contributed by atoms with van der Waals surface area (Å²) in [7, 11) is 4.64. The average molecular weight is 481 g/mol. The third-order valence-corrected chi connectivity index (χ3v) is 6.12. The number of hydrogen-bond acceptors (Lipinski definition) is 7. The highest BCUT2D eigenvalue weighted by Crippen LogP contribution is 2.50. The number of nitrogens with two attached hydrogens (primary N) is 1. The molecule has 0 spiro atoms. The van der Waals surface area contributed by atoms with Crippen LogP contribution >= 0.6 is 0 Å². The number of benzene rings is 3. The van der Waals surface area contributed by atoms with Crippen LogP contribution in [0.25, 0.3) is 16.9 Å². The third kappa shape index (κ3) is 3.67. The van der Waals surface area contributed by atoms with Gasteiger partial charge >= 0.3 is 0 Å². The van der Waals surface area contributed by atoms with E-state index < -0.39 is 5.92 Å². The first-order valence-corrected chi connectivity index (χ1v) is 11.2. The van der Waals surface area contributed by atoms with Crippen molar-refractivity contribution in [3.63, 3.8) is 0 Å². The van der Waals surface area contributed by atoms with Crippen molar-refractivity contribution < 1.29 is 18.9 Å². The zero-order valence-electron chi connectivity index (χ0n) is 20.1. The lowest BCUT2D eigenvalue weighted by atomic mass is 9.82. The maximum Gasteiger partial charge on any atom is 0.229 e. The zero-order valence-corrected chi connectivity index (χ0v) is 20.1. The van der Waals surface area contributed by atoms with Gasteiger partial charge in [-0.1, -0.05) is 48.5 Å². The summed E-state index contributed by atoms with van der Waals surface area (Å²) in [5.74, 6) is 1.24. The number of methoxy groups -OCH3 is 3. The smallest absolute Gasteiger partial charge is 0.229 e. The zero-order chi connectivity index (χ0) is 25.2. The molecule has 5 rings (SSSR count). The van der Waals surface area contributed by atoms with Crippen molar-refractivity contribution in [3.8, 4) is 46.1 Å². The van der Waals surface area contributed by atoms with Gasteiger partial charge in [0, 0.05) is 5.56 Å². The van der Waals surface area contributed by atoms with Crippen molar-refractivity contribution in [2.24, 2.45) is 5.73 Å². The molecule has 2 heterocycles. The molecule has 1 aliphatic rings. The molecule has 0 aliphatic carbocycles. The highest BCUT2D eigenvalue weighted by molar-refractivity contribution is 5.73. The van der Waals surface area contributed by atoms with E-state index in [1.807, 2.05) is 72.8 Å². The number of ether oxygens (including phenoxy) is 4. The number of nitriles is 1. The second-order valence-electron chi connectivity index (χ2n) is 8.06. The molecule has 2 N–H and O–H groups in total. The third-order valence-electron chi connectivity index (χ3n) is 6.12. The van der Waals surface area contributed by atoms with Crippen molar-refractivity contribution in [2.45, 2.75) is 5.92 Å². The lowest BCUT2D eigenvalue weighted by Gasteiger charge is -2.26. The summed E-state index contributed by atoms with van der Waals surface area (Å²) < 4.78 is 24.5. The number of hydrogen-bond donors (Lipinski definition) is 1. The lowest BCUT2D eigenvalue weighted by Crippen LogP contribution is -2.22. The highest BCUT2D eigenvalue weighted by atomic mass is 16.5. The fourth-order valence-electron chi connectivity index (χ4n) is 4.49. The van der Waals surface area contributed by atoms with E-state index in [0.29, 0.717) is 34.4 Å². The summed E-state index contributed by atoms with van der Waals surface area (Å²) in [6.07, 6.45) is 0. The number of fused-ring (bicyclic) bond motifs is 1. The average Bonchev–Trinajstić information content (AvgIpc) is 3.31. The normalized spacial score (nSPS) is 14.4. The Morgan fingerprint density at radius 1 is 0.917 bits per heavy atom. The van der Waals surface area contributed by atoms with Crippen LogP contribution in [0.5, 0.6) is 23.1 Å². The largest absolute Gasteiger partial charge is 0.493 e. The molecule has 180 valence electrons. The topological polar surface area (TPSA) is 105 Å². The summed E-state index contributed by atoms with van der Waals surface area (Å²) in [4.78, 5) is 0. The van der Waals surface area contributed by atoms with Crippen molar-refractivity contribution in [1.29, 1.82) is 5.26 Å². The van der Waals surface area contributed by atoms with Crippen molar-refractivity contribution in [2.75, 3.05) is 21.3 Å². The number of rotatable bonds is 6. The Balaban J connectivity index is 1.84. The summed E-state index contributed by atoms with van der Waals surface area (Å²) in [6.45, 7) is 0. The van der Waals surface area contributed by atoms with Gasteiger partial charge in [0.2, 0.25) is 17.5 Å². The van der Waals surface area contributed by atoms with Crippen molar-refractivity contribution >= 4 is 0 Å². The van der Waals surface area contributed by atoms with Gasteiger partial charge in [0.25, 0.3) is 0 Å². The summed E-state index contributed by atoms with van der Waals surface area (Å²) >= 11 is 0. The first-order valence-electron chi connectivity index (χ1n) is 11.2. The Bertz CT molecular complexity index is 1460. The van der Waals surface area contributed by atoms with E-state index in [9.17, 15) is 5.26 Å². The van der Waals surface area contributed by atoms with Crippen LogP contribution in [-0.4, -0.2) is 31.1 Å². The lowest BCUT2D eigenvalue weighted by molar-refractivity contribution is 0.323. The second-order valence-corrected chi connectivity index (χ2v) is 8.06. The van der Waals surface area contributed by atoms with Crippen LogP contribution in [0.3, 0.4) is 0 Å². The van der Waals surface area contributed by atoms with Crippen LogP contribution in [0.15, 0.2) is 84.3 Å². The van der Waals surface area contributed by atoms with E-state index in [4.69, 9.17) is 29.8 Å². The van der Waals surface area contributed by atoms with Gasteiger partial charge in [0.05, 0.1) is 38.5 Å². The molecular weight excluding hydrogens is 456 g/mol. The van der Waals surface area contributed by atoms with Crippen molar-refractivity contribution in [1.82, 2.24) is 9.78 Å². The Kier molecular flexibility index (Phi) is 5.97. The maximum atomic E-state index is 10.2. The maximum absolute atomic E-state index is 10.2. The molecule has 0 saturated carbocycles. The molecular formula is C28H24N4O4. The Labute approximate surface area is 208 Å². The first kappa shape index (κ1) is 22.9. The van der Waals surface area contributed by atoms with Gasteiger partial charge in [0.1, 0.15) is 17.3 Å². The quantitative estimate of drug-likeness (QED) is 0.423. The molecule has 4 aromatic rings. The molecule has 0 radical (unpaired) electrons. The standard InChI is InChI=1S/C28H24N4O4/c1-33-21-14-18(15-22(34-2)26(21)35-3)23-20(16-29)27(30)36-28-24(23)25(17-10-6-4-7-11-17)31-32(28)19-12-8-5-9-13-19/h4-15,23H,30H2,1-3H3/t23-/m1/s1. The predicted octanol–water partition coefficient (Wildman–Crippen LogP) is 4.78. The Hall–Kier alpha value is -4.90. The van der Waals surface area contributed by atoms with Gasteiger partial charge < -0.3 is 24.7 Å². The van der Waals surface area contributed by atoms with Crippen molar-refractivity contribution in [3.05, 3.63) is 95.4 Å². The van der Waals surface area contributed by atoms with Crippen LogP contribution < -0.4 is 24.7 Å². The van der Waals surface area contributed by atoms with Crippen LogP contribution in [0.1, 0.15) is 17.0 Å². The van der Waals surface area contributed by atoms with Crippen LogP contribution in [0.4, 0.5) is 0 Å². The van der Waals surface area contributed by atoms with Gasteiger partial charge in [-0.25, -0.2) is 0 Å². The predicted molar refractivity (Wildman–Crippen MR) is 134 cm³/mol. The number of aromatic nitrogens is 2. The molecule has 8 nitrogen and oxygen atoms in total. The van der Waals surface area contributed by atoms with Gasteiger partial charge in [0.15, 0.2) is 11.5 Å². The van der Waals surface area contributed by atoms with Crippen LogP contribution in [0.2, 0.25) is 0 Å². The van der Waals surface area contributed by atoms with Gasteiger partial charge in [-0.15, -0.1) is 0 Å². The molecule has 1 atom stereocenters. The van der Waals surface area contributed by atoms with Gasteiger partial charge in [-0.05, 0) is 29.8 Å². The molecule has 0 amide bonds. The summed E-state index contributed by atoms with van der Waals surface area (Å²) in [5.41, 5.74) is 10.4. The SMILES string of the molecule is COc1cc([C@@H]2C(C#N)=C(N)Oc3c2c(-c2ccccc2)nn3-c2ccccc2)cc(OC)c1OC. The number of para-hydroxylation sites is 1. The van der Waals surface area contributed by atoms with Gasteiger partial charge in [-0.2, -0.15) is 15.0 Å². The van der Waals surface area contributed by atoms with Gasteiger partial charge in [-0.3, -0.25) is 0 Å². The summed E-state index contributed by atoms with van der Waals surface area (Å²) in [5, 5.41) is 15.1. The molecule has 0 bridgehead atoms. The van der Waals surface area contributed by atoms with E-state index in [-0.39, 0.29) is 11.5 Å². The minimum Gasteiger partial charge on any atom is -0.493 e. The van der Waals surface area contributed by atoms with E-state index in [2.05, 4.69) is 6.07 Å². The second kappa shape index (κ2) is 9.39. The van der Waals surface area contributed by atoms with E-state index in [0.717, 1.165) is 16.8 Å². The molecule has 0 unspecified atom stereocenters. The number of nitrogens with zero attached hydrogens (tertiary/aromatic N) is 3. The minimum atomic E-state index is -0.597. The molecule has 3 aromatic carbocycles.